The Kier molecular flexibility index (Phi) is 4.24. The summed E-state index contributed by atoms with van der Waals surface area (Å²) in [6.07, 6.45) is 5.59. The Hall–Kier alpha value is -2.67. The van der Waals surface area contributed by atoms with Gasteiger partial charge in [0.05, 0.1) is 29.2 Å². The van der Waals surface area contributed by atoms with Crippen LogP contribution in [0.15, 0.2) is 30.6 Å². The molecular formula is C19H23N5O2. The number of carbonyl (C=O) groups excluding carboxylic acids is 1. The van der Waals surface area contributed by atoms with Crippen molar-refractivity contribution in [2.45, 2.75) is 51.3 Å². The van der Waals surface area contributed by atoms with E-state index in [-0.39, 0.29) is 18.0 Å². The van der Waals surface area contributed by atoms with Crippen molar-refractivity contribution in [3.63, 3.8) is 0 Å². The van der Waals surface area contributed by atoms with Gasteiger partial charge in [0.1, 0.15) is 11.6 Å². The Morgan fingerprint density at radius 3 is 2.96 bits per heavy atom. The highest BCUT2D eigenvalue weighted by molar-refractivity contribution is 5.97. The number of hydrogen-bond donors (Lipinski definition) is 3. The Morgan fingerprint density at radius 2 is 2.19 bits per heavy atom. The molecule has 3 aromatic rings. The molecule has 3 atom stereocenters. The van der Waals surface area contributed by atoms with Crippen molar-refractivity contribution in [1.29, 1.82) is 0 Å². The van der Waals surface area contributed by atoms with E-state index in [4.69, 9.17) is 0 Å². The highest BCUT2D eigenvalue weighted by Crippen LogP contribution is 2.30. The summed E-state index contributed by atoms with van der Waals surface area (Å²) in [5.41, 5.74) is 2.24. The molecule has 7 nitrogen and oxygen atoms in total. The molecule has 136 valence electrons. The van der Waals surface area contributed by atoms with Gasteiger partial charge in [0.15, 0.2) is 0 Å². The van der Waals surface area contributed by atoms with E-state index in [0.29, 0.717) is 5.56 Å². The predicted molar refractivity (Wildman–Crippen MR) is 97.9 cm³/mol. The van der Waals surface area contributed by atoms with Crippen LogP contribution in [-0.2, 0) is 0 Å². The lowest BCUT2D eigenvalue weighted by molar-refractivity contribution is 0.0392. The highest BCUT2D eigenvalue weighted by atomic mass is 16.3. The first kappa shape index (κ1) is 16.8. The van der Waals surface area contributed by atoms with E-state index in [2.05, 4.69) is 20.3 Å². The van der Waals surface area contributed by atoms with Crippen LogP contribution >= 0.6 is 0 Å². The van der Waals surface area contributed by atoms with E-state index in [0.717, 1.165) is 41.9 Å². The fraction of sp³-hybridized carbons (Fsp3) is 0.421. The SMILES string of the molecule is Cc1nc2ccc(C(=O)N[C@@H]3CCC[C@@H](n4ccnc4C)[C@@H]3O)cc2[nH]1. The van der Waals surface area contributed by atoms with Crippen molar-refractivity contribution in [3.05, 3.63) is 47.8 Å². The van der Waals surface area contributed by atoms with Gasteiger partial charge in [0, 0.05) is 18.0 Å². The summed E-state index contributed by atoms with van der Waals surface area (Å²) in [5.74, 6) is 1.52. The second-order valence-electron chi connectivity index (χ2n) is 7.00. The number of carbonyl (C=O) groups is 1. The fourth-order valence-corrected chi connectivity index (χ4v) is 3.89. The van der Waals surface area contributed by atoms with Crippen molar-refractivity contribution >= 4 is 16.9 Å². The second-order valence-corrected chi connectivity index (χ2v) is 7.00. The van der Waals surface area contributed by atoms with E-state index >= 15 is 0 Å². The maximum absolute atomic E-state index is 12.7. The molecule has 0 radical (unpaired) electrons. The van der Waals surface area contributed by atoms with Gasteiger partial charge >= 0.3 is 0 Å². The molecule has 2 heterocycles. The molecule has 0 spiro atoms. The first-order chi connectivity index (χ1) is 12.5. The minimum atomic E-state index is -0.640. The van der Waals surface area contributed by atoms with Crippen molar-refractivity contribution in [1.82, 2.24) is 24.8 Å². The molecule has 26 heavy (non-hydrogen) atoms. The first-order valence-corrected chi connectivity index (χ1v) is 8.97. The Balaban J connectivity index is 1.51. The van der Waals surface area contributed by atoms with Gasteiger partial charge in [-0.1, -0.05) is 0 Å². The highest BCUT2D eigenvalue weighted by Gasteiger charge is 2.34. The third kappa shape index (κ3) is 2.99. The second kappa shape index (κ2) is 6.57. The molecular weight excluding hydrogens is 330 g/mol. The Bertz CT molecular complexity index is 944. The van der Waals surface area contributed by atoms with Crippen LogP contribution in [-0.4, -0.2) is 42.7 Å². The van der Waals surface area contributed by atoms with Gasteiger partial charge in [-0.2, -0.15) is 0 Å². The summed E-state index contributed by atoms with van der Waals surface area (Å²) >= 11 is 0. The molecule has 1 fully saturated rings. The number of fused-ring (bicyclic) bond motifs is 1. The van der Waals surface area contributed by atoms with Gasteiger partial charge in [-0.25, -0.2) is 9.97 Å². The number of hydrogen-bond acceptors (Lipinski definition) is 4. The summed E-state index contributed by atoms with van der Waals surface area (Å²) in [6.45, 7) is 3.81. The first-order valence-electron chi connectivity index (χ1n) is 8.97. The number of aromatic nitrogens is 4. The van der Waals surface area contributed by atoms with Crippen LogP contribution < -0.4 is 5.32 Å². The molecule has 2 aromatic heterocycles. The quantitative estimate of drug-likeness (QED) is 0.673. The average Bonchev–Trinajstić information content (AvgIpc) is 3.20. The van der Waals surface area contributed by atoms with E-state index in [9.17, 15) is 9.90 Å². The number of aliphatic hydroxyl groups excluding tert-OH is 1. The molecule has 0 saturated heterocycles. The lowest BCUT2D eigenvalue weighted by Gasteiger charge is -2.36. The van der Waals surface area contributed by atoms with Crippen LogP contribution in [0, 0.1) is 13.8 Å². The fourth-order valence-electron chi connectivity index (χ4n) is 3.89. The molecule has 1 aromatic carbocycles. The molecule has 0 unspecified atom stereocenters. The number of aromatic amines is 1. The van der Waals surface area contributed by atoms with Crippen molar-refractivity contribution < 1.29 is 9.90 Å². The minimum Gasteiger partial charge on any atom is -0.389 e. The summed E-state index contributed by atoms with van der Waals surface area (Å²) in [5, 5.41) is 13.8. The third-order valence-electron chi connectivity index (χ3n) is 5.22. The summed E-state index contributed by atoms with van der Waals surface area (Å²) in [7, 11) is 0. The molecule has 1 aliphatic rings. The number of H-pyrrole nitrogens is 1. The maximum Gasteiger partial charge on any atom is 0.251 e. The standard InChI is InChI=1S/C19H23N5O2/c1-11-21-14-7-6-13(10-16(14)22-11)19(26)23-15-4-3-5-17(18(15)25)24-9-8-20-12(24)2/h6-10,15,17-18,25H,3-5H2,1-2H3,(H,21,22)(H,23,26)/t15-,17-,18-/m1/s1. The number of aryl methyl sites for hydroxylation is 2. The Labute approximate surface area is 151 Å². The summed E-state index contributed by atoms with van der Waals surface area (Å²) in [4.78, 5) is 24.4. The van der Waals surface area contributed by atoms with Crippen LogP contribution in [0.2, 0.25) is 0 Å². The number of imidazole rings is 2. The molecule has 1 amide bonds. The molecule has 4 rings (SSSR count). The van der Waals surface area contributed by atoms with Gasteiger partial charge in [-0.05, 0) is 51.3 Å². The normalized spacial score (nSPS) is 23.3. The number of nitrogens with zero attached hydrogens (tertiary/aromatic N) is 3. The van der Waals surface area contributed by atoms with Crippen LogP contribution in [0.5, 0.6) is 0 Å². The molecule has 0 aliphatic heterocycles. The van der Waals surface area contributed by atoms with Crippen LogP contribution in [0.3, 0.4) is 0 Å². The maximum atomic E-state index is 12.7. The number of nitrogens with one attached hydrogen (secondary N) is 2. The zero-order valence-electron chi connectivity index (χ0n) is 14.9. The van der Waals surface area contributed by atoms with Gasteiger partial charge in [0.25, 0.3) is 5.91 Å². The number of aliphatic hydroxyl groups is 1. The molecule has 1 saturated carbocycles. The molecule has 1 aliphatic carbocycles. The van der Waals surface area contributed by atoms with Crippen LogP contribution in [0.25, 0.3) is 11.0 Å². The van der Waals surface area contributed by atoms with E-state index in [1.54, 1.807) is 18.3 Å². The zero-order chi connectivity index (χ0) is 18.3. The molecule has 0 bridgehead atoms. The van der Waals surface area contributed by atoms with E-state index in [1.165, 1.54) is 0 Å². The topological polar surface area (TPSA) is 95.8 Å². The van der Waals surface area contributed by atoms with E-state index in [1.807, 2.05) is 30.7 Å². The zero-order valence-corrected chi connectivity index (χ0v) is 14.9. The number of rotatable bonds is 3. The monoisotopic (exact) mass is 353 g/mol. The smallest absolute Gasteiger partial charge is 0.251 e. The lowest BCUT2D eigenvalue weighted by Crippen LogP contribution is -2.49. The molecule has 7 heteroatoms. The average molecular weight is 353 g/mol. The molecule has 3 N–H and O–H groups in total. The lowest BCUT2D eigenvalue weighted by atomic mass is 9.87. The number of amides is 1. The predicted octanol–water partition coefficient (Wildman–Crippen LogP) is 2.26. The number of benzene rings is 1. The van der Waals surface area contributed by atoms with Crippen LogP contribution in [0.4, 0.5) is 0 Å². The van der Waals surface area contributed by atoms with Gasteiger partial charge in [0.2, 0.25) is 0 Å². The largest absolute Gasteiger partial charge is 0.389 e. The van der Waals surface area contributed by atoms with Crippen molar-refractivity contribution in [3.8, 4) is 0 Å². The summed E-state index contributed by atoms with van der Waals surface area (Å²) < 4.78 is 2.00. The Morgan fingerprint density at radius 1 is 1.35 bits per heavy atom. The van der Waals surface area contributed by atoms with Gasteiger partial charge < -0.3 is 20.0 Å². The minimum absolute atomic E-state index is 0.0608. The van der Waals surface area contributed by atoms with Crippen molar-refractivity contribution in [2.24, 2.45) is 0 Å². The van der Waals surface area contributed by atoms with E-state index < -0.39 is 6.10 Å². The van der Waals surface area contributed by atoms with Gasteiger partial charge in [-0.15, -0.1) is 0 Å². The van der Waals surface area contributed by atoms with Gasteiger partial charge in [-0.3, -0.25) is 4.79 Å². The summed E-state index contributed by atoms with van der Waals surface area (Å²) in [6, 6.07) is 5.07. The van der Waals surface area contributed by atoms with Crippen LogP contribution in [0.1, 0.15) is 47.3 Å². The third-order valence-corrected chi connectivity index (χ3v) is 5.22. The van der Waals surface area contributed by atoms with Crippen molar-refractivity contribution in [2.75, 3.05) is 0 Å².